The molecule has 1 aliphatic heterocycles. The summed E-state index contributed by atoms with van der Waals surface area (Å²) in [5.74, 6) is 0.0223. The first kappa shape index (κ1) is 15.7. The average Bonchev–Trinajstić information content (AvgIpc) is 2.95. The number of nitrogens with zero attached hydrogens (tertiary/aromatic N) is 1. The molecule has 0 aromatic heterocycles. The van der Waals surface area contributed by atoms with Crippen LogP contribution < -0.4 is 4.74 Å². The van der Waals surface area contributed by atoms with Crippen LogP contribution in [0.3, 0.4) is 0 Å². The third-order valence-electron chi connectivity index (χ3n) is 3.35. The average molecular weight is 323 g/mol. The summed E-state index contributed by atoms with van der Waals surface area (Å²) >= 11 is 0. The topological polar surface area (TPSA) is 47.9 Å². The second-order valence-corrected chi connectivity index (χ2v) is 5.00. The Morgan fingerprint density at radius 3 is 2.58 bits per heavy atom. The van der Waals surface area contributed by atoms with Gasteiger partial charge in [-0.05, 0) is 35.9 Å². The molecule has 1 aliphatic rings. The first-order valence-electron chi connectivity index (χ1n) is 7.25. The minimum Gasteiger partial charge on any atom is -0.496 e. The van der Waals surface area contributed by atoms with E-state index in [1.165, 1.54) is 12.1 Å². The van der Waals surface area contributed by atoms with E-state index in [9.17, 15) is 9.18 Å². The van der Waals surface area contributed by atoms with Crippen LogP contribution >= 0.6 is 0 Å². The molecule has 0 radical (unpaired) electrons. The predicted octanol–water partition coefficient (Wildman–Crippen LogP) is 3.84. The Bertz CT molecular complexity index is 851. The van der Waals surface area contributed by atoms with Crippen molar-refractivity contribution in [3.05, 3.63) is 77.2 Å². The van der Waals surface area contributed by atoms with Crippen molar-refractivity contribution in [1.82, 2.24) is 0 Å². The molecule has 24 heavy (non-hydrogen) atoms. The first-order chi connectivity index (χ1) is 11.7. The first-order valence-corrected chi connectivity index (χ1v) is 7.25. The highest BCUT2D eigenvalue weighted by Crippen LogP contribution is 2.20. The normalized spacial score (nSPS) is 15.7. The molecule has 0 N–H and O–H groups in total. The molecule has 0 amide bonds. The second kappa shape index (κ2) is 6.91. The molecule has 1 heterocycles. The quantitative estimate of drug-likeness (QED) is 0.634. The highest BCUT2D eigenvalue weighted by Gasteiger charge is 2.21. The Kier molecular flexibility index (Phi) is 4.52. The highest BCUT2D eigenvalue weighted by molar-refractivity contribution is 6.11. The molecule has 2 aromatic rings. The zero-order chi connectivity index (χ0) is 16.9. The summed E-state index contributed by atoms with van der Waals surface area (Å²) in [6.07, 6.45) is 4.90. The lowest BCUT2D eigenvalue weighted by Crippen LogP contribution is -2.01. The van der Waals surface area contributed by atoms with Gasteiger partial charge in [-0.15, -0.1) is 0 Å². The lowest BCUT2D eigenvalue weighted by molar-refractivity contribution is -0.129. The summed E-state index contributed by atoms with van der Waals surface area (Å²) in [7, 11) is 1.59. The summed E-state index contributed by atoms with van der Waals surface area (Å²) < 4.78 is 23.3. The number of halogens is 1. The van der Waals surface area contributed by atoms with Gasteiger partial charge in [0.1, 0.15) is 11.6 Å². The minimum absolute atomic E-state index is 0.168. The molecule has 0 fully saturated rings. The molecule has 0 unspecified atom stereocenters. The largest absolute Gasteiger partial charge is 0.496 e. The summed E-state index contributed by atoms with van der Waals surface area (Å²) in [6.45, 7) is 0. The maximum Gasteiger partial charge on any atom is 0.363 e. The molecule has 4 nitrogen and oxygen atoms in total. The minimum atomic E-state index is -0.543. The standard InChI is InChI=1S/C19H14FNO3/c1-23-17-5-3-2-4-14(17)8-11-18-21-16(19(22)24-18)12-13-6-9-15(20)10-7-13/h2-12H,1H3/b11-8+,16-12-. The molecule has 120 valence electrons. The smallest absolute Gasteiger partial charge is 0.363 e. The third-order valence-corrected chi connectivity index (χ3v) is 3.35. The van der Waals surface area contributed by atoms with Crippen LogP contribution in [0.5, 0.6) is 5.75 Å². The van der Waals surface area contributed by atoms with Crippen LogP contribution in [0.15, 0.2) is 65.3 Å². The number of benzene rings is 2. The van der Waals surface area contributed by atoms with Gasteiger partial charge in [-0.2, -0.15) is 0 Å². The van der Waals surface area contributed by atoms with Crippen LogP contribution in [-0.2, 0) is 9.53 Å². The molecule has 0 spiro atoms. The number of carbonyl (C=O) groups excluding carboxylic acids is 1. The van der Waals surface area contributed by atoms with Crippen LogP contribution in [0.1, 0.15) is 11.1 Å². The molecule has 2 aromatic carbocycles. The van der Waals surface area contributed by atoms with Gasteiger partial charge >= 0.3 is 5.97 Å². The van der Waals surface area contributed by atoms with E-state index in [-0.39, 0.29) is 17.4 Å². The lowest BCUT2D eigenvalue weighted by Gasteiger charge is -2.02. The van der Waals surface area contributed by atoms with E-state index in [1.54, 1.807) is 37.5 Å². The van der Waals surface area contributed by atoms with E-state index in [0.717, 1.165) is 5.56 Å². The number of aliphatic imine (C=N–C) groups is 1. The fourth-order valence-electron chi connectivity index (χ4n) is 2.18. The molecule has 0 aliphatic carbocycles. The van der Waals surface area contributed by atoms with E-state index >= 15 is 0 Å². The fourth-order valence-corrected chi connectivity index (χ4v) is 2.18. The predicted molar refractivity (Wildman–Crippen MR) is 89.9 cm³/mol. The molecule has 0 bridgehead atoms. The summed E-state index contributed by atoms with van der Waals surface area (Å²) in [6, 6.07) is 13.2. The van der Waals surface area contributed by atoms with Crippen LogP contribution in [0.2, 0.25) is 0 Å². The molecule has 3 rings (SSSR count). The number of carbonyl (C=O) groups is 1. The summed E-state index contributed by atoms with van der Waals surface area (Å²) in [5, 5.41) is 0. The monoisotopic (exact) mass is 323 g/mol. The van der Waals surface area contributed by atoms with Crippen LogP contribution in [-0.4, -0.2) is 19.0 Å². The van der Waals surface area contributed by atoms with Gasteiger partial charge in [0.2, 0.25) is 5.90 Å². The Morgan fingerprint density at radius 2 is 1.83 bits per heavy atom. The zero-order valence-electron chi connectivity index (χ0n) is 12.9. The molecule has 0 atom stereocenters. The van der Waals surface area contributed by atoms with Crippen LogP contribution in [0.25, 0.3) is 12.2 Å². The van der Waals surface area contributed by atoms with Crippen molar-refractivity contribution in [2.24, 2.45) is 4.99 Å². The van der Waals surface area contributed by atoms with E-state index < -0.39 is 5.97 Å². The number of ether oxygens (including phenoxy) is 2. The van der Waals surface area contributed by atoms with Gasteiger partial charge in [-0.25, -0.2) is 14.2 Å². The number of cyclic esters (lactones) is 1. The lowest BCUT2D eigenvalue weighted by atomic mass is 10.2. The Labute approximate surface area is 138 Å². The van der Waals surface area contributed by atoms with Gasteiger partial charge in [-0.3, -0.25) is 0 Å². The third kappa shape index (κ3) is 3.57. The van der Waals surface area contributed by atoms with Gasteiger partial charge in [0.25, 0.3) is 0 Å². The zero-order valence-corrected chi connectivity index (χ0v) is 12.9. The highest BCUT2D eigenvalue weighted by atomic mass is 19.1. The van der Waals surface area contributed by atoms with Gasteiger partial charge in [-0.1, -0.05) is 30.3 Å². The van der Waals surface area contributed by atoms with Crippen molar-refractivity contribution in [2.75, 3.05) is 7.11 Å². The van der Waals surface area contributed by atoms with E-state index in [0.29, 0.717) is 11.3 Å². The molecular weight excluding hydrogens is 309 g/mol. The van der Waals surface area contributed by atoms with Gasteiger partial charge < -0.3 is 9.47 Å². The van der Waals surface area contributed by atoms with Crippen molar-refractivity contribution in [3.63, 3.8) is 0 Å². The van der Waals surface area contributed by atoms with E-state index in [2.05, 4.69) is 4.99 Å². The molecule has 5 heteroatoms. The number of methoxy groups -OCH3 is 1. The SMILES string of the molecule is COc1ccccc1/C=C/C1=NC(=C\c2ccc(F)cc2)/C(=O)O1. The van der Waals surface area contributed by atoms with E-state index in [4.69, 9.17) is 9.47 Å². The van der Waals surface area contributed by atoms with Crippen LogP contribution in [0.4, 0.5) is 4.39 Å². The Morgan fingerprint density at radius 1 is 1.08 bits per heavy atom. The van der Waals surface area contributed by atoms with Crippen molar-refractivity contribution in [2.45, 2.75) is 0 Å². The summed E-state index contributed by atoms with van der Waals surface area (Å²) in [4.78, 5) is 16.0. The number of esters is 1. The molecule has 0 saturated heterocycles. The fraction of sp³-hybridized carbons (Fsp3) is 0.0526. The van der Waals surface area contributed by atoms with Crippen molar-refractivity contribution in [1.29, 1.82) is 0 Å². The van der Waals surface area contributed by atoms with Gasteiger partial charge in [0, 0.05) is 11.6 Å². The maximum absolute atomic E-state index is 12.9. The van der Waals surface area contributed by atoms with E-state index in [1.807, 2.05) is 24.3 Å². The maximum atomic E-state index is 12.9. The molecule has 0 saturated carbocycles. The number of para-hydroxylation sites is 1. The molecular formula is C19H14FNO3. The van der Waals surface area contributed by atoms with Crippen molar-refractivity contribution in [3.8, 4) is 5.75 Å². The number of rotatable bonds is 4. The Balaban J connectivity index is 1.81. The van der Waals surface area contributed by atoms with Crippen LogP contribution in [0, 0.1) is 5.82 Å². The number of hydrogen-bond donors (Lipinski definition) is 0. The van der Waals surface area contributed by atoms with Crippen molar-refractivity contribution < 1.29 is 18.7 Å². The summed E-state index contributed by atoms with van der Waals surface area (Å²) in [5.41, 5.74) is 1.68. The van der Waals surface area contributed by atoms with Gasteiger partial charge in [0.15, 0.2) is 5.70 Å². The number of hydrogen-bond acceptors (Lipinski definition) is 4. The van der Waals surface area contributed by atoms with Gasteiger partial charge in [0.05, 0.1) is 7.11 Å². The second-order valence-electron chi connectivity index (χ2n) is 5.00. The van der Waals surface area contributed by atoms with Crippen molar-refractivity contribution >= 4 is 24.0 Å². The Hall–Kier alpha value is -3.21.